The van der Waals surface area contributed by atoms with Gasteiger partial charge in [0.1, 0.15) is 17.8 Å². The Hall–Kier alpha value is -3.07. The first-order chi connectivity index (χ1) is 18.8. The van der Waals surface area contributed by atoms with E-state index in [1.165, 1.54) is 6.33 Å². The van der Waals surface area contributed by atoms with Gasteiger partial charge in [0, 0.05) is 0 Å². The minimum atomic E-state index is -3.08. The Morgan fingerprint density at radius 1 is 1.23 bits per heavy atom. The second-order valence-electron chi connectivity index (χ2n) is 8.73. The Bertz CT molecular complexity index is 1300. The van der Waals surface area contributed by atoms with Gasteiger partial charge in [0.15, 0.2) is 24.0 Å². The number of ether oxygens (including phenoxy) is 3. The zero-order valence-electron chi connectivity index (χ0n) is 21.8. The molecule has 0 saturated carbocycles. The molecule has 1 saturated heterocycles. The highest BCUT2D eigenvalue weighted by Crippen LogP contribution is 2.43. The molecule has 3 heterocycles. The molecule has 39 heavy (non-hydrogen) atoms. The fourth-order valence-electron chi connectivity index (χ4n) is 4.16. The Labute approximate surface area is 225 Å². The quantitative estimate of drug-likeness (QED) is 0.167. The Kier molecular flexibility index (Phi) is 9.54. The summed E-state index contributed by atoms with van der Waals surface area (Å²) in [5, 5.41) is 11.4. The molecule has 3 aromatic rings. The standard InChI is InChI=1S/C23H31BN5O9P/c1-4-33-16(30)12-36-39(32)35-11-15-18(31)23(3,38-24-14-9-7-6-8-10-14)21(37-15)29-13-26-17-19(29)27-22(25)28-20(17)34-5-2/h6-10,13,15,18,21,24,31,39H,4-5,11-12H2,1-3H3,(H2,25,27,28)/t15-,18-,21-,23-/m1/s1. The van der Waals surface area contributed by atoms with E-state index in [1.807, 2.05) is 30.3 Å². The van der Waals surface area contributed by atoms with Crippen LogP contribution in [0, 0.1) is 0 Å². The summed E-state index contributed by atoms with van der Waals surface area (Å²) in [5.74, 6) is -0.491. The van der Waals surface area contributed by atoms with E-state index in [1.54, 1.807) is 25.3 Å². The fourth-order valence-corrected chi connectivity index (χ4v) is 4.78. The van der Waals surface area contributed by atoms with Crippen molar-refractivity contribution in [3.05, 3.63) is 36.7 Å². The summed E-state index contributed by atoms with van der Waals surface area (Å²) in [5.41, 5.74) is 6.12. The summed E-state index contributed by atoms with van der Waals surface area (Å²) in [6.07, 6.45) is -1.72. The first-order valence-corrected chi connectivity index (χ1v) is 13.6. The van der Waals surface area contributed by atoms with Crippen LogP contribution in [0.25, 0.3) is 11.2 Å². The van der Waals surface area contributed by atoms with E-state index in [0.717, 1.165) is 5.46 Å². The molecule has 1 aliphatic heterocycles. The normalized spacial score (nSPS) is 23.5. The molecule has 0 radical (unpaired) electrons. The van der Waals surface area contributed by atoms with Gasteiger partial charge in [-0.3, -0.25) is 13.7 Å². The number of fused-ring (bicyclic) bond motifs is 1. The number of anilines is 1. The molecule has 14 nitrogen and oxygen atoms in total. The average molecular weight is 563 g/mol. The summed E-state index contributed by atoms with van der Waals surface area (Å²) in [4.78, 5) is 24.3. The third kappa shape index (κ3) is 6.57. The second kappa shape index (κ2) is 12.9. The van der Waals surface area contributed by atoms with Crippen LogP contribution in [-0.2, 0) is 32.5 Å². The van der Waals surface area contributed by atoms with Gasteiger partial charge in [0.05, 0.1) is 26.1 Å². The van der Waals surface area contributed by atoms with Crippen molar-refractivity contribution < 1.29 is 42.4 Å². The lowest BCUT2D eigenvalue weighted by Gasteiger charge is -2.34. The largest absolute Gasteiger partial charge is 0.476 e. The Balaban J connectivity index is 1.58. The number of hydrogen-bond acceptors (Lipinski definition) is 13. The molecule has 0 amide bonds. The van der Waals surface area contributed by atoms with Crippen LogP contribution in [-0.4, -0.2) is 82.3 Å². The zero-order chi connectivity index (χ0) is 28.0. The molecule has 1 aliphatic rings. The molecule has 0 bridgehead atoms. The van der Waals surface area contributed by atoms with Crippen molar-refractivity contribution in [2.75, 3.05) is 32.2 Å². The maximum absolute atomic E-state index is 12.2. The van der Waals surface area contributed by atoms with Gasteiger partial charge in [-0.25, -0.2) is 9.78 Å². The molecule has 5 atom stereocenters. The van der Waals surface area contributed by atoms with E-state index < -0.39 is 44.9 Å². The fraction of sp³-hybridized carbons (Fsp3) is 0.478. The number of nitrogens with zero attached hydrogens (tertiary/aromatic N) is 4. The number of aliphatic hydroxyl groups is 1. The number of esters is 1. The lowest BCUT2D eigenvalue weighted by molar-refractivity contribution is -0.145. The maximum Gasteiger partial charge on any atom is 0.332 e. The highest BCUT2D eigenvalue weighted by Gasteiger charge is 2.55. The number of carbonyl (C=O) groups is 1. The van der Waals surface area contributed by atoms with Crippen molar-refractivity contribution in [1.29, 1.82) is 0 Å². The molecule has 1 aromatic carbocycles. The van der Waals surface area contributed by atoms with Gasteiger partial charge < -0.3 is 34.2 Å². The first kappa shape index (κ1) is 28.9. The SMILES string of the molecule is CCOC(=O)CO[PH](=O)OC[C@H]1O[C@@H](n2cnc3c(OCC)nc(N)nc32)[C@](C)(OBc2ccccc2)[C@@H]1O. The Morgan fingerprint density at radius 2 is 2.00 bits per heavy atom. The number of benzene rings is 1. The predicted molar refractivity (Wildman–Crippen MR) is 141 cm³/mol. The number of aliphatic hydroxyl groups excluding tert-OH is 1. The molecule has 4 rings (SSSR count). The number of imidazole rings is 1. The van der Waals surface area contributed by atoms with Crippen LogP contribution in [0.1, 0.15) is 27.0 Å². The average Bonchev–Trinajstić information content (AvgIpc) is 3.44. The number of nitrogens with two attached hydrogens (primary N) is 1. The lowest BCUT2D eigenvalue weighted by Crippen LogP contribution is -2.49. The van der Waals surface area contributed by atoms with Crippen molar-refractivity contribution in [1.82, 2.24) is 19.5 Å². The number of nitrogen functional groups attached to an aromatic ring is 1. The minimum Gasteiger partial charge on any atom is -0.476 e. The van der Waals surface area contributed by atoms with Gasteiger partial charge in [0.2, 0.25) is 11.8 Å². The summed E-state index contributed by atoms with van der Waals surface area (Å²) in [7, 11) is -2.92. The molecule has 1 fully saturated rings. The third-order valence-electron chi connectivity index (χ3n) is 6.05. The number of hydrogen-bond donors (Lipinski definition) is 2. The smallest absolute Gasteiger partial charge is 0.332 e. The first-order valence-electron chi connectivity index (χ1n) is 12.4. The van der Waals surface area contributed by atoms with Gasteiger partial charge in [0.25, 0.3) is 0 Å². The lowest BCUT2D eigenvalue weighted by atomic mass is 9.85. The van der Waals surface area contributed by atoms with Crippen LogP contribution in [0.3, 0.4) is 0 Å². The number of carbonyl (C=O) groups excluding carboxylic acids is 1. The topological polar surface area (TPSA) is 179 Å². The molecule has 0 spiro atoms. The van der Waals surface area contributed by atoms with Crippen LogP contribution < -0.4 is 15.9 Å². The monoisotopic (exact) mass is 563 g/mol. The van der Waals surface area contributed by atoms with Crippen LogP contribution in [0.4, 0.5) is 5.95 Å². The van der Waals surface area contributed by atoms with Gasteiger partial charge in [-0.1, -0.05) is 35.8 Å². The molecule has 210 valence electrons. The second-order valence-corrected chi connectivity index (χ2v) is 9.81. The van der Waals surface area contributed by atoms with Gasteiger partial charge in [-0.15, -0.1) is 0 Å². The van der Waals surface area contributed by atoms with Crippen LogP contribution in [0.5, 0.6) is 5.88 Å². The number of rotatable bonds is 13. The van der Waals surface area contributed by atoms with E-state index >= 15 is 0 Å². The van der Waals surface area contributed by atoms with Crippen molar-refractivity contribution >= 4 is 44.3 Å². The molecular weight excluding hydrogens is 532 g/mol. The van der Waals surface area contributed by atoms with E-state index in [-0.39, 0.29) is 32.5 Å². The predicted octanol–water partition coefficient (Wildman–Crippen LogP) is 0.504. The summed E-state index contributed by atoms with van der Waals surface area (Å²) in [6, 6.07) is 9.43. The highest BCUT2D eigenvalue weighted by molar-refractivity contribution is 7.33. The Morgan fingerprint density at radius 3 is 2.72 bits per heavy atom. The van der Waals surface area contributed by atoms with Gasteiger partial charge in [-0.2, -0.15) is 9.97 Å². The van der Waals surface area contributed by atoms with Crippen LogP contribution in [0.15, 0.2) is 36.7 Å². The van der Waals surface area contributed by atoms with E-state index in [9.17, 15) is 14.5 Å². The minimum absolute atomic E-state index is 0.0321. The highest BCUT2D eigenvalue weighted by atomic mass is 31.1. The summed E-state index contributed by atoms with van der Waals surface area (Å²) < 4.78 is 46.8. The number of aromatic nitrogens is 4. The van der Waals surface area contributed by atoms with E-state index in [2.05, 4.69) is 15.0 Å². The van der Waals surface area contributed by atoms with Crippen LogP contribution in [0.2, 0.25) is 0 Å². The summed E-state index contributed by atoms with van der Waals surface area (Å²) in [6.45, 7) is 4.81. The molecule has 3 N–H and O–H groups in total. The molecular formula is C23H31BN5O9P. The van der Waals surface area contributed by atoms with Gasteiger partial charge >= 0.3 is 21.7 Å². The van der Waals surface area contributed by atoms with Crippen molar-refractivity contribution in [2.45, 2.75) is 44.8 Å². The molecule has 1 unspecified atom stereocenters. The van der Waals surface area contributed by atoms with Gasteiger partial charge in [-0.05, 0) is 20.8 Å². The van der Waals surface area contributed by atoms with Crippen LogP contribution >= 0.6 is 8.25 Å². The maximum atomic E-state index is 12.2. The van der Waals surface area contributed by atoms with E-state index in [0.29, 0.717) is 17.8 Å². The van der Waals surface area contributed by atoms with E-state index in [4.69, 9.17) is 33.6 Å². The zero-order valence-corrected chi connectivity index (χ0v) is 22.8. The molecule has 16 heteroatoms. The molecule has 2 aromatic heterocycles. The van der Waals surface area contributed by atoms with Crippen molar-refractivity contribution in [2.24, 2.45) is 0 Å². The van der Waals surface area contributed by atoms with Crippen molar-refractivity contribution in [3.8, 4) is 5.88 Å². The third-order valence-corrected chi connectivity index (χ3v) is 6.83. The summed E-state index contributed by atoms with van der Waals surface area (Å²) >= 11 is 0. The molecule has 0 aliphatic carbocycles. The van der Waals surface area contributed by atoms with Crippen molar-refractivity contribution in [3.63, 3.8) is 0 Å².